The predicted octanol–water partition coefficient (Wildman–Crippen LogP) is 3.41. The van der Waals surface area contributed by atoms with Crippen LogP contribution in [0.3, 0.4) is 0 Å². The lowest BCUT2D eigenvalue weighted by molar-refractivity contribution is -0.151. The number of hydrogen-bond donors (Lipinski definition) is 0. The molecule has 1 aromatic heterocycles. The van der Waals surface area contributed by atoms with E-state index in [-0.39, 0.29) is 29.5 Å². The number of aryl methyl sites for hydroxylation is 1. The van der Waals surface area contributed by atoms with E-state index in [2.05, 4.69) is 10.2 Å². The second kappa shape index (κ2) is 8.14. The van der Waals surface area contributed by atoms with E-state index >= 15 is 0 Å². The number of rotatable bonds is 6. The van der Waals surface area contributed by atoms with Crippen LogP contribution in [0.25, 0.3) is 11.5 Å². The summed E-state index contributed by atoms with van der Waals surface area (Å²) < 4.78 is 10.9. The number of imide groups is 1. The van der Waals surface area contributed by atoms with Gasteiger partial charge in [0.2, 0.25) is 5.89 Å². The molecule has 0 aliphatic carbocycles. The number of nitrogens with zero attached hydrogens (tertiary/aromatic N) is 3. The van der Waals surface area contributed by atoms with Crippen molar-refractivity contribution >= 4 is 17.8 Å². The topological polar surface area (TPSA) is 103 Å². The fourth-order valence-corrected chi connectivity index (χ4v) is 3.56. The van der Waals surface area contributed by atoms with Crippen LogP contribution in [0.4, 0.5) is 0 Å². The second-order valence-corrected chi connectivity index (χ2v) is 7.69. The van der Waals surface area contributed by atoms with Gasteiger partial charge in [-0.15, -0.1) is 10.2 Å². The van der Waals surface area contributed by atoms with E-state index in [9.17, 15) is 14.4 Å². The van der Waals surface area contributed by atoms with E-state index in [1.54, 1.807) is 38.1 Å². The zero-order valence-corrected chi connectivity index (χ0v) is 17.4. The first kappa shape index (κ1) is 20.5. The molecule has 31 heavy (non-hydrogen) atoms. The van der Waals surface area contributed by atoms with Gasteiger partial charge in [-0.2, -0.15) is 0 Å². The third-order valence-corrected chi connectivity index (χ3v) is 5.05. The van der Waals surface area contributed by atoms with Crippen LogP contribution in [-0.4, -0.2) is 38.9 Å². The molecule has 0 spiro atoms. The molecular weight excluding hydrogens is 398 g/mol. The zero-order valence-electron chi connectivity index (χ0n) is 17.4. The van der Waals surface area contributed by atoms with Gasteiger partial charge < -0.3 is 9.15 Å². The van der Waals surface area contributed by atoms with Crippen LogP contribution in [0.15, 0.2) is 52.9 Å². The highest BCUT2D eigenvalue weighted by Crippen LogP contribution is 2.28. The molecule has 0 bridgehead atoms. The van der Waals surface area contributed by atoms with Gasteiger partial charge in [0.05, 0.1) is 11.1 Å². The molecule has 4 rings (SSSR count). The number of amides is 2. The average Bonchev–Trinajstić information content (AvgIpc) is 3.32. The summed E-state index contributed by atoms with van der Waals surface area (Å²) in [4.78, 5) is 39.4. The number of benzene rings is 2. The van der Waals surface area contributed by atoms with Crippen molar-refractivity contribution in [2.24, 2.45) is 5.92 Å². The lowest BCUT2D eigenvalue weighted by Crippen LogP contribution is -2.48. The quantitative estimate of drug-likeness (QED) is 0.446. The molecule has 0 N–H and O–H groups in total. The molecule has 0 radical (unpaired) electrons. The van der Waals surface area contributed by atoms with Crippen LogP contribution in [0.1, 0.15) is 46.0 Å². The molecule has 1 aliphatic rings. The van der Waals surface area contributed by atoms with Crippen LogP contribution in [0, 0.1) is 12.8 Å². The number of ether oxygens (including phenoxy) is 1. The van der Waals surface area contributed by atoms with Crippen LogP contribution >= 0.6 is 0 Å². The van der Waals surface area contributed by atoms with E-state index in [1.807, 2.05) is 31.2 Å². The highest BCUT2D eigenvalue weighted by atomic mass is 16.5. The number of carbonyl (C=O) groups is 3. The van der Waals surface area contributed by atoms with Gasteiger partial charge in [0.1, 0.15) is 6.04 Å². The monoisotopic (exact) mass is 419 g/mol. The van der Waals surface area contributed by atoms with E-state index in [0.717, 1.165) is 16.0 Å². The Balaban J connectivity index is 1.48. The van der Waals surface area contributed by atoms with Crippen LogP contribution in [-0.2, 0) is 16.1 Å². The van der Waals surface area contributed by atoms with Crippen molar-refractivity contribution in [3.63, 3.8) is 0 Å². The van der Waals surface area contributed by atoms with Gasteiger partial charge in [0.15, 0.2) is 6.61 Å². The lowest BCUT2D eigenvalue weighted by Gasteiger charge is -2.27. The molecule has 158 valence electrons. The predicted molar refractivity (Wildman–Crippen MR) is 110 cm³/mol. The van der Waals surface area contributed by atoms with E-state index in [0.29, 0.717) is 5.89 Å². The summed E-state index contributed by atoms with van der Waals surface area (Å²) in [7, 11) is 0. The molecule has 0 fully saturated rings. The molecule has 2 heterocycles. The Kier molecular flexibility index (Phi) is 5.37. The Morgan fingerprint density at radius 3 is 2.32 bits per heavy atom. The highest BCUT2D eigenvalue weighted by molar-refractivity contribution is 6.22. The van der Waals surface area contributed by atoms with Crippen LogP contribution in [0.5, 0.6) is 0 Å². The summed E-state index contributed by atoms with van der Waals surface area (Å²) in [5, 5.41) is 7.90. The van der Waals surface area contributed by atoms with Crippen molar-refractivity contribution < 1.29 is 23.5 Å². The molecular formula is C23H21N3O5. The van der Waals surface area contributed by atoms with Crippen LogP contribution < -0.4 is 0 Å². The molecule has 3 aromatic rings. The molecule has 0 saturated carbocycles. The van der Waals surface area contributed by atoms with Crippen molar-refractivity contribution in [3.05, 3.63) is 71.1 Å². The SMILES string of the molecule is Cc1cccc(-c2nnc(COC(=O)[C@H](C(C)C)N3C(=O)c4ccccc4C3=O)o2)c1. The maximum absolute atomic E-state index is 12.9. The van der Waals surface area contributed by atoms with Gasteiger partial charge in [-0.3, -0.25) is 14.5 Å². The third kappa shape index (κ3) is 3.84. The number of esters is 1. The lowest BCUT2D eigenvalue weighted by atomic mass is 10.0. The van der Waals surface area contributed by atoms with Gasteiger partial charge >= 0.3 is 5.97 Å². The van der Waals surface area contributed by atoms with Gasteiger partial charge in [-0.1, -0.05) is 43.7 Å². The second-order valence-electron chi connectivity index (χ2n) is 7.69. The molecule has 8 heteroatoms. The Labute approximate surface area is 178 Å². The van der Waals surface area contributed by atoms with Crippen molar-refractivity contribution in [1.29, 1.82) is 0 Å². The van der Waals surface area contributed by atoms with Gasteiger partial charge in [0.25, 0.3) is 17.7 Å². The summed E-state index contributed by atoms with van der Waals surface area (Å²) >= 11 is 0. The summed E-state index contributed by atoms with van der Waals surface area (Å²) in [6.07, 6.45) is 0. The smallest absolute Gasteiger partial charge is 0.330 e. The van der Waals surface area contributed by atoms with Gasteiger partial charge in [-0.25, -0.2) is 4.79 Å². The van der Waals surface area contributed by atoms with E-state index in [1.165, 1.54) is 0 Å². The molecule has 8 nitrogen and oxygen atoms in total. The van der Waals surface area contributed by atoms with Crippen molar-refractivity contribution in [3.8, 4) is 11.5 Å². The minimum absolute atomic E-state index is 0.120. The molecule has 1 aliphatic heterocycles. The Bertz CT molecular complexity index is 1130. The first-order valence-corrected chi connectivity index (χ1v) is 9.90. The Hall–Kier alpha value is -3.81. The van der Waals surface area contributed by atoms with Crippen molar-refractivity contribution in [2.45, 2.75) is 33.4 Å². The van der Waals surface area contributed by atoms with Gasteiger partial charge in [-0.05, 0) is 37.1 Å². The first-order chi connectivity index (χ1) is 14.9. The largest absolute Gasteiger partial charge is 0.454 e. The molecule has 0 saturated heterocycles. The minimum atomic E-state index is -1.06. The van der Waals surface area contributed by atoms with E-state index < -0.39 is 23.8 Å². The summed E-state index contributed by atoms with van der Waals surface area (Å²) in [5.74, 6) is -1.63. The zero-order chi connectivity index (χ0) is 22.1. The average molecular weight is 419 g/mol. The summed E-state index contributed by atoms with van der Waals surface area (Å²) in [6, 6.07) is 13.0. The van der Waals surface area contributed by atoms with Gasteiger partial charge in [0, 0.05) is 5.56 Å². The minimum Gasteiger partial charge on any atom is -0.454 e. The van der Waals surface area contributed by atoms with Crippen molar-refractivity contribution in [1.82, 2.24) is 15.1 Å². The maximum atomic E-state index is 12.9. The molecule has 0 unspecified atom stereocenters. The third-order valence-electron chi connectivity index (χ3n) is 5.05. The number of hydrogen-bond acceptors (Lipinski definition) is 7. The summed E-state index contributed by atoms with van der Waals surface area (Å²) in [5.41, 5.74) is 2.37. The van der Waals surface area contributed by atoms with Crippen LogP contribution in [0.2, 0.25) is 0 Å². The maximum Gasteiger partial charge on any atom is 0.330 e. The fourth-order valence-electron chi connectivity index (χ4n) is 3.56. The molecule has 1 atom stereocenters. The number of carbonyl (C=O) groups excluding carboxylic acids is 3. The standard InChI is InChI=1S/C23H21N3O5/c1-13(2)19(26-21(27)16-9-4-5-10-17(16)22(26)28)23(29)30-12-18-24-25-20(31-18)15-8-6-7-14(3)11-15/h4-11,13,19H,12H2,1-3H3/t19-/m0/s1. The van der Waals surface area contributed by atoms with Crippen molar-refractivity contribution in [2.75, 3.05) is 0 Å². The first-order valence-electron chi connectivity index (χ1n) is 9.90. The molecule has 2 amide bonds. The Morgan fingerprint density at radius 1 is 1.03 bits per heavy atom. The molecule has 2 aromatic carbocycles. The normalized spacial score (nSPS) is 14.1. The summed E-state index contributed by atoms with van der Waals surface area (Å²) in [6.45, 7) is 5.19. The Morgan fingerprint density at radius 2 is 1.71 bits per heavy atom. The number of aromatic nitrogens is 2. The van der Waals surface area contributed by atoms with E-state index in [4.69, 9.17) is 9.15 Å². The highest BCUT2D eigenvalue weighted by Gasteiger charge is 2.44. The number of fused-ring (bicyclic) bond motifs is 1. The fraction of sp³-hybridized carbons (Fsp3) is 0.261.